The van der Waals surface area contributed by atoms with Gasteiger partial charge in [0.05, 0.1) is 9.75 Å². The summed E-state index contributed by atoms with van der Waals surface area (Å²) in [6.07, 6.45) is 0. The van der Waals surface area contributed by atoms with E-state index in [1.807, 2.05) is 84.2 Å². The first-order chi connectivity index (χ1) is 25.6. The molecular formula is C48H40BOPS2. The summed E-state index contributed by atoms with van der Waals surface area (Å²) in [6.45, 7) is 13.1. The summed E-state index contributed by atoms with van der Waals surface area (Å²) in [4.78, 5) is 1.94. The molecule has 0 unspecified atom stereocenters. The van der Waals surface area contributed by atoms with E-state index in [1.165, 1.54) is 44.3 Å². The van der Waals surface area contributed by atoms with Crippen LogP contribution in [-0.4, -0.2) is 6.71 Å². The summed E-state index contributed by atoms with van der Waals surface area (Å²) < 4.78 is 16.2. The summed E-state index contributed by atoms with van der Waals surface area (Å²) in [5.74, 6) is 14.2. The van der Waals surface area contributed by atoms with Gasteiger partial charge in [0.25, 0.3) is 0 Å². The molecule has 7 rings (SSSR count). The Kier molecular flexibility index (Phi) is 10.6. The van der Waals surface area contributed by atoms with Crippen molar-refractivity contribution in [1.29, 1.82) is 0 Å². The highest BCUT2D eigenvalue weighted by Crippen LogP contribution is 2.43. The molecule has 0 radical (unpaired) electrons. The second-order valence-corrected chi connectivity index (χ2v) is 18.4. The van der Waals surface area contributed by atoms with E-state index < -0.39 is 7.14 Å². The number of thiophene rings is 2. The van der Waals surface area contributed by atoms with Crippen molar-refractivity contribution in [3.63, 3.8) is 0 Å². The highest BCUT2D eigenvalue weighted by molar-refractivity contribution is 7.85. The zero-order chi connectivity index (χ0) is 37.1. The van der Waals surface area contributed by atoms with Gasteiger partial charge in [0.1, 0.15) is 0 Å². The largest absolute Gasteiger partial charge is 0.309 e. The average molecular weight is 739 g/mol. The van der Waals surface area contributed by atoms with Gasteiger partial charge in [-0.15, -0.1) is 22.7 Å². The minimum absolute atomic E-state index is 0.145. The van der Waals surface area contributed by atoms with Crippen LogP contribution < -0.4 is 32.3 Å². The predicted molar refractivity (Wildman–Crippen MR) is 232 cm³/mol. The Morgan fingerprint density at radius 3 is 1.34 bits per heavy atom. The normalized spacial score (nSPS) is 11.0. The van der Waals surface area contributed by atoms with Gasteiger partial charge < -0.3 is 4.57 Å². The van der Waals surface area contributed by atoms with E-state index in [-0.39, 0.29) is 6.71 Å². The molecule has 258 valence electrons. The maximum absolute atomic E-state index is 16.2. The minimum atomic E-state index is -3.44. The smallest absolute Gasteiger partial charge is 0.244 e. The lowest BCUT2D eigenvalue weighted by Crippen LogP contribution is -2.57. The fourth-order valence-electron chi connectivity index (χ4n) is 7.72. The van der Waals surface area contributed by atoms with Crippen molar-refractivity contribution < 1.29 is 4.57 Å². The van der Waals surface area contributed by atoms with Crippen molar-refractivity contribution in [1.82, 2.24) is 0 Å². The third kappa shape index (κ3) is 7.42. The second kappa shape index (κ2) is 15.5. The Morgan fingerprint density at radius 1 is 0.491 bits per heavy atom. The molecular weight excluding hydrogens is 698 g/mol. The predicted octanol–water partition coefficient (Wildman–Crippen LogP) is 8.62. The molecule has 5 aromatic carbocycles. The number of benzene rings is 5. The van der Waals surface area contributed by atoms with E-state index in [4.69, 9.17) is 0 Å². The lowest BCUT2D eigenvalue weighted by atomic mass is 9.33. The van der Waals surface area contributed by atoms with Crippen molar-refractivity contribution in [3.05, 3.63) is 186 Å². The van der Waals surface area contributed by atoms with Crippen LogP contribution in [0.3, 0.4) is 0 Å². The van der Waals surface area contributed by atoms with Crippen LogP contribution in [0.1, 0.15) is 54.3 Å². The zero-order valence-electron chi connectivity index (χ0n) is 31.0. The van der Waals surface area contributed by atoms with Crippen LogP contribution in [0.25, 0.3) is 0 Å². The van der Waals surface area contributed by atoms with Crippen LogP contribution in [0.4, 0.5) is 0 Å². The first-order valence-corrected chi connectivity index (χ1v) is 21.3. The molecule has 0 fully saturated rings. The van der Waals surface area contributed by atoms with Crippen LogP contribution >= 0.6 is 29.8 Å². The molecule has 7 aromatic rings. The molecule has 0 aliphatic rings. The molecule has 5 heteroatoms. The molecule has 0 saturated carbocycles. The molecule has 1 nitrogen and oxygen atoms in total. The summed E-state index contributed by atoms with van der Waals surface area (Å²) in [5, 5.41) is 6.33. The van der Waals surface area contributed by atoms with Crippen LogP contribution in [0.15, 0.2) is 132 Å². The van der Waals surface area contributed by atoms with Crippen molar-refractivity contribution in [3.8, 4) is 23.7 Å². The Hall–Kier alpha value is -5.09. The average Bonchev–Trinajstić information content (AvgIpc) is 3.87. The van der Waals surface area contributed by atoms with E-state index in [2.05, 4.69) is 113 Å². The first-order valence-electron chi connectivity index (χ1n) is 17.8. The Labute approximate surface area is 323 Å². The van der Waals surface area contributed by atoms with Gasteiger partial charge in [0, 0.05) is 27.0 Å². The van der Waals surface area contributed by atoms with Crippen molar-refractivity contribution in [2.24, 2.45) is 0 Å². The lowest BCUT2D eigenvalue weighted by Gasteiger charge is -2.27. The van der Waals surface area contributed by atoms with Crippen LogP contribution in [0, 0.1) is 65.2 Å². The molecule has 0 aliphatic heterocycles. The van der Waals surface area contributed by atoms with Crippen LogP contribution in [0.5, 0.6) is 0 Å². The van der Waals surface area contributed by atoms with E-state index in [1.54, 1.807) is 22.7 Å². The van der Waals surface area contributed by atoms with Gasteiger partial charge >= 0.3 is 0 Å². The summed E-state index contributed by atoms with van der Waals surface area (Å²) in [6, 6.07) is 41.4. The van der Waals surface area contributed by atoms with E-state index in [0.29, 0.717) is 5.30 Å². The van der Waals surface area contributed by atoms with Crippen molar-refractivity contribution in [2.75, 3.05) is 0 Å². The van der Waals surface area contributed by atoms with E-state index in [0.717, 1.165) is 37.0 Å². The molecule has 2 heterocycles. The maximum atomic E-state index is 16.2. The molecule has 53 heavy (non-hydrogen) atoms. The monoisotopic (exact) mass is 738 g/mol. The zero-order valence-corrected chi connectivity index (χ0v) is 33.5. The topological polar surface area (TPSA) is 17.1 Å². The van der Waals surface area contributed by atoms with Crippen LogP contribution in [0.2, 0.25) is 0 Å². The molecule has 2 aromatic heterocycles. The third-order valence-electron chi connectivity index (χ3n) is 9.79. The van der Waals surface area contributed by atoms with Crippen molar-refractivity contribution >= 4 is 68.8 Å². The van der Waals surface area contributed by atoms with Crippen LogP contribution in [-0.2, 0) is 4.57 Å². The molecule has 0 amide bonds. The van der Waals surface area contributed by atoms with Crippen molar-refractivity contribution in [2.45, 2.75) is 41.5 Å². The summed E-state index contributed by atoms with van der Waals surface area (Å²) in [7, 11) is -3.44. The number of hydrogen-bond donors (Lipinski definition) is 0. The standard InChI is InChI=1S/C48H40BOPS2/c1-33-27-35(3)47(36(4)28-33)49(48-37(5)29-34(2)30-38(48)6)45-31-40(22-24-44-20-14-26-53-44)46(32-39(45)21-23-43-19-13-25-52-43)51(50,41-15-9-7-10-16-41)42-17-11-8-12-18-42/h7-20,25-32H,1-6H3. The Balaban J connectivity index is 1.65. The van der Waals surface area contributed by atoms with E-state index in [9.17, 15) is 0 Å². The lowest BCUT2D eigenvalue weighted by molar-refractivity contribution is 0.592. The molecule has 0 N–H and O–H groups in total. The first kappa shape index (κ1) is 36.3. The highest BCUT2D eigenvalue weighted by atomic mass is 32.1. The second-order valence-electron chi connectivity index (χ2n) is 13.7. The molecule has 0 bridgehead atoms. The van der Waals surface area contributed by atoms with Gasteiger partial charge in [-0.2, -0.15) is 0 Å². The van der Waals surface area contributed by atoms with E-state index >= 15 is 4.57 Å². The van der Waals surface area contributed by atoms with Gasteiger partial charge in [-0.1, -0.05) is 171 Å². The quantitative estimate of drug-likeness (QED) is 0.0950. The summed E-state index contributed by atoms with van der Waals surface area (Å²) in [5.41, 5.74) is 12.6. The molecule has 0 saturated heterocycles. The number of aryl methyl sites for hydroxylation is 6. The third-order valence-corrected chi connectivity index (χ3v) is 14.5. The van der Waals surface area contributed by atoms with Gasteiger partial charge in [-0.25, -0.2) is 0 Å². The molecule has 0 aliphatic carbocycles. The number of rotatable bonds is 6. The van der Waals surface area contributed by atoms with Gasteiger partial charge in [0.15, 0.2) is 7.14 Å². The summed E-state index contributed by atoms with van der Waals surface area (Å²) >= 11 is 3.23. The molecule has 0 atom stereocenters. The van der Waals surface area contributed by atoms with Gasteiger partial charge in [-0.05, 0) is 76.6 Å². The maximum Gasteiger partial charge on any atom is 0.244 e. The Morgan fingerprint density at radius 2 is 0.925 bits per heavy atom. The SMILES string of the molecule is Cc1cc(C)c(B(c2cc(C#Cc3cccs3)c(P(=O)(c3ccccc3)c3ccccc3)cc2C#Cc2cccs2)c2c(C)cc(C)cc2C)c(C)c1. The van der Waals surface area contributed by atoms with Gasteiger partial charge in [-0.3, -0.25) is 0 Å². The number of hydrogen-bond acceptors (Lipinski definition) is 3. The Bertz CT molecular complexity index is 2450. The van der Waals surface area contributed by atoms with Gasteiger partial charge in [0.2, 0.25) is 6.71 Å². The fourth-order valence-corrected chi connectivity index (χ4v) is 11.7. The fraction of sp³-hybridized carbons (Fsp3) is 0.125. The highest BCUT2D eigenvalue weighted by Gasteiger charge is 2.36. The molecule has 0 spiro atoms. The minimum Gasteiger partial charge on any atom is -0.309 e.